The van der Waals surface area contributed by atoms with Gasteiger partial charge in [0.25, 0.3) is 0 Å². The van der Waals surface area contributed by atoms with Crippen molar-refractivity contribution in [1.29, 1.82) is 0 Å². The van der Waals surface area contributed by atoms with E-state index in [0.29, 0.717) is 12.0 Å². The van der Waals surface area contributed by atoms with Crippen molar-refractivity contribution in [2.45, 2.75) is 102 Å². The van der Waals surface area contributed by atoms with E-state index < -0.39 is 16.6 Å². The summed E-state index contributed by atoms with van der Waals surface area (Å²) in [4.78, 5) is 0. The molecule has 1 N–H and O–H groups in total. The van der Waals surface area contributed by atoms with Crippen LogP contribution in [-0.2, 0) is 8.85 Å². The Morgan fingerprint density at radius 3 is 1.65 bits per heavy atom. The molecule has 1 saturated carbocycles. The molecule has 0 unspecified atom stereocenters. The first kappa shape index (κ1) is 19.6. The molecule has 23 heavy (non-hydrogen) atoms. The van der Waals surface area contributed by atoms with E-state index in [9.17, 15) is 0 Å². The van der Waals surface area contributed by atoms with E-state index in [2.05, 4.69) is 73.0 Å². The van der Waals surface area contributed by atoms with Gasteiger partial charge in [-0.25, -0.2) is 0 Å². The number of fused-ring (bicyclic) bond motifs is 2. The van der Waals surface area contributed by atoms with Gasteiger partial charge in [-0.15, -0.1) is 0 Å². The lowest BCUT2D eigenvalue weighted by atomic mass is 10.1. The second-order valence-corrected chi connectivity index (χ2v) is 20.2. The Labute approximate surface area is 146 Å². The average molecular weight is 358 g/mol. The molecule has 1 heterocycles. The highest BCUT2D eigenvalue weighted by molar-refractivity contribution is 6.74. The van der Waals surface area contributed by atoms with Gasteiger partial charge in [0.2, 0.25) is 0 Å². The molecule has 1 saturated heterocycles. The number of piperidine rings is 1. The molecule has 0 aromatic rings. The maximum atomic E-state index is 6.86. The molecule has 0 aromatic heterocycles. The van der Waals surface area contributed by atoms with Crippen LogP contribution in [0.3, 0.4) is 0 Å². The van der Waals surface area contributed by atoms with Crippen LogP contribution in [0.5, 0.6) is 0 Å². The van der Waals surface area contributed by atoms with Gasteiger partial charge in [0, 0.05) is 18.5 Å². The molecule has 0 aromatic carbocycles. The summed E-state index contributed by atoms with van der Waals surface area (Å²) < 4.78 is 13.7. The Hall–Kier alpha value is 0.314. The first-order valence-corrected chi connectivity index (χ1v) is 15.1. The average Bonchev–Trinajstić information content (AvgIpc) is 2.88. The molecule has 136 valence electrons. The molecule has 1 aliphatic carbocycles. The fourth-order valence-corrected chi connectivity index (χ4v) is 5.83. The van der Waals surface area contributed by atoms with Crippen molar-refractivity contribution in [2.24, 2.45) is 5.92 Å². The molecule has 1 aliphatic heterocycles. The zero-order valence-corrected chi connectivity index (χ0v) is 19.0. The van der Waals surface area contributed by atoms with Crippen LogP contribution in [0.25, 0.3) is 0 Å². The van der Waals surface area contributed by atoms with Gasteiger partial charge >= 0.3 is 0 Å². The van der Waals surface area contributed by atoms with Gasteiger partial charge in [-0.2, -0.15) is 0 Å². The summed E-state index contributed by atoms with van der Waals surface area (Å²) >= 11 is 0. The van der Waals surface area contributed by atoms with E-state index in [1.54, 1.807) is 0 Å². The van der Waals surface area contributed by atoms with Crippen LogP contribution in [0.4, 0.5) is 0 Å². The van der Waals surface area contributed by atoms with Crippen molar-refractivity contribution >= 4 is 16.6 Å². The third-order valence-corrected chi connectivity index (χ3v) is 15.8. The normalized spacial score (nSPS) is 32.6. The van der Waals surface area contributed by atoms with Gasteiger partial charge in [0.05, 0.1) is 12.2 Å². The predicted octanol–water partition coefficient (Wildman–Crippen LogP) is 4.76. The highest BCUT2D eigenvalue weighted by Gasteiger charge is 2.54. The predicted molar refractivity (Wildman–Crippen MR) is 104 cm³/mol. The largest absolute Gasteiger partial charge is 0.411 e. The quantitative estimate of drug-likeness (QED) is 0.736. The second kappa shape index (κ2) is 5.94. The Morgan fingerprint density at radius 1 is 0.783 bits per heavy atom. The van der Waals surface area contributed by atoms with E-state index in [1.807, 2.05) is 0 Å². The highest BCUT2D eigenvalue weighted by atomic mass is 28.4. The van der Waals surface area contributed by atoms with E-state index >= 15 is 0 Å². The fraction of sp³-hybridized carbons (Fsp3) is 1.00. The lowest BCUT2D eigenvalue weighted by molar-refractivity contribution is 0.0108. The topological polar surface area (TPSA) is 30.5 Å². The smallest absolute Gasteiger partial charge is 0.192 e. The Bertz CT molecular complexity index is 397. The van der Waals surface area contributed by atoms with Crippen LogP contribution in [0.1, 0.15) is 48.0 Å². The molecule has 2 aliphatic rings. The summed E-state index contributed by atoms with van der Waals surface area (Å²) in [6.45, 7) is 24.5. The van der Waals surface area contributed by atoms with Crippen LogP contribution < -0.4 is 5.32 Å². The van der Waals surface area contributed by atoms with Crippen LogP contribution in [0.2, 0.25) is 36.3 Å². The molecule has 2 rings (SSSR count). The molecule has 0 radical (unpaired) electrons. The van der Waals surface area contributed by atoms with Crippen LogP contribution in [0.15, 0.2) is 0 Å². The van der Waals surface area contributed by atoms with Crippen molar-refractivity contribution in [3.63, 3.8) is 0 Å². The van der Waals surface area contributed by atoms with Crippen LogP contribution in [-0.4, -0.2) is 41.4 Å². The molecule has 0 spiro atoms. The summed E-state index contributed by atoms with van der Waals surface area (Å²) in [6.07, 6.45) is 1.75. The Kier molecular flexibility index (Phi) is 5.07. The van der Waals surface area contributed by atoms with Crippen molar-refractivity contribution in [3.8, 4) is 0 Å². The van der Waals surface area contributed by atoms with E-state index in [-0.39, 0.29) is 22.3 Å². The van der Waals surface area contributed by atoms with E-state index in [0.717, 1.165) is 6.54 Å². The molecular weight excluding hydrogens is 318 g/mol. The van der Waals surface area contributed by atoms with E-state index in [4.69, 9.17) is 8.85 Å². The van der Waals surface area contributed by atoms with Gasteiger partial charge in [-0.1, -0.05) is 41.5 Å². The minimum absolute atomic E-state index is 0.240. The zero-order valence-electron chi connectivity index (χ0n) is 17.0. The third-order valence-electron chi connectivity index (χ3n) is 6.86. The molecular formula is C18H39NO2Si2. The van der Waals surface area contributed by atoms with Crippen LogP contribution in [0, 0.1) is 5.92 Å². The highest BCUT2D eigenvalue weighted by Crippen LogP contribution is 2.46. The maximum absolute atomic E-state index is 6.86. The monoisotopic (exact) mass is 357 g/mol. The Balaban J connectivity index is 2.18. The number of hydrogen-bond acceptors (Lipinski definition) is 3. The first-order valence-electron chi connectivity index (χ1n) is 9.25. The third kappa shape index (κ3) is 3.79. The van der Waals surface area contributed by atoms with Crippen molar-refractivity contribution in [3.05, 3.63) is 0 Å². The van der Waals surface area contributed by atoms with Gasteiger partial charge in [0.15, 0.2) is 16.6 Å². The Morgan fingerprint density at radius 2 is 1.22 bits per heavy atom. The number of nitrogens with one attached hydrogen (secondary N) is 1. The molecule has 5 heteroatoms. The minimum Gasteiger partial charge on any atom is -0.411 e. The summed E-state index contributed by atoms with van der Waals surface area (Å²) in [5.74, 6) is 0.629. The molecule has 0 amide bonds. The first-order chi connectivity index (χ1) is 10.2. The SMILES string of the molecule is CC(C)(C)[Si](C)(C)O[C@@H]1[C@@H]2CN[C@H](C2)[C@@H]1O[Si](C)(C)C(C)(C)C. The number of hydrogen-bond donors (Lipinski definition) is 1. The second-order valence-electron chi connectivity index (χ2n) is 10.7. The summed E-state index contributed by atoms with van der Waals surface area (Å²) in [5.41, 5.74) is 0. The molecule has 4 atom stereocenters. The van der Waals surface area contributed by atoms with Gasteiger partial charge in [-0.3, -0.25) is 0 Å². The number of rotatable bonds is 4. The fourth-order valence-electron chi connectivity index (χ4n) is 3.14. The maximum Gasteiger partial charge on any atom is 0.192 e. The summed E-state index contributed by atoms with van der Waals surface area (Å²) in [7, 11) is -3.54. The van der Waals surface area contributed by atoms with E-state index in [1.165, 1.54) is 6.42 Å². The minimum atomic E-state index is -1.78. The van der Waals surface area contributed by atoms with Crippen molar-refractivity contribution < 1.29 is 8.85 Å². The van der Waals surface area contributed by atoms with Crippen molar-refractivity contribution in [2.75, 3.05) is 6.54 Å². The van der Waals surface area contributed by atoms with Crippen molar-refractivity contribution in [1.82, 2.24) is 5.32 Å². The van der Waals surface area contributed by atoms with Gasteiger partial charge < -0.3 is 14.2 Å². The molecule has 2 bridgehead atoms. The summed E-state index contributed by atoms with van der Waals surface area (Å²) in [6, 6.07) is 0.490. The van der Waals surface area contributed by atoms with Gasteiger partial charge in [-0.05, 0) is 42.7 Å². The lowest BCUT2D eigenvalue weighted by Crippen LogP contribution is -2.58. The standard InChI is InChI=1S/C18H39NO2Si2/c1-17(2,3)22(7,8)20-15-13-11-14(19-12-13)16(15)21-23(9,10)18(4,5)6/h13-16,19H,11-12H2,1-10H3/t13-,14+,15+,16-/m0/s1. The lowest BCUT2D eigenvalue weighted by Gasteiger charge is -2.46. The van der Waals surface area contributed by atoms with Gasteiger partial charge in [0.1, 0.15) is 0 Å². The molecule has 3 nitrogen and oxygen atoms in total. The zero-order chi connectivity index (χ0) is 17.8. The molecule has 2 fully saturated rings. The van der Waals surface area contributed by atoms with Crippen LogP contribution >= 0.6 is 0 Å². The summed E-state index contributed by atoms with van der Waals surface area (Å²) in [5, 5.41) is 4.17.